The topological polar surface area (TPSA) is 35.2 Å². The van der Waals surface area contributed by atoms with Gasteiger partial charge in [0.2, 0.25) is 0 Å². The van der Waals surface area contributed by atoms with Crippen molar-refractivity contribution in [3.63, 3.8) is 0 Å². The molecule has 1 unspecified atom stereocenters. The molecule has 0 rings (SSSR count). The van der Waals surface area contributed by atoms with Crippen molar-refractivity contribution in [3.05, 3.63) is 0 Å². The van der Waals surface area contributed by atoms with Crippen LogP contribution in [0.15, 0.2) is 0 Å². The van der Waals surface area contributed by atoms with Gasteiger partial charge in [-0.25, -0.2) is 0 Å². The number of hydrogen-bond donors (Lipinski definition) is 1. The first-order chi connectivity index (χ1) is 4.42. The molecule has 0 aliphatic heterocycles. The van der Waals surface area contributed by atoms with Gasteiger partial charge in [-0.3, -0.25) is 0 Å². The lowest BCUT2D eigenvalue weighted by molar-refractivity contribution is -0.00547. The normalized spacial score (nSPS) is 15.3. The molecule has 10 heavy (non-hydrogen) atoms. The molecule has 0 radical (unpaired) electrons. The molecule has 0 aromatic heterocycles. The van der Waals surface area contributed by atoms with Gasteiger partial charge < -0.3 is 10.5 Å². The molecule has 0 saturated heterocycles. The van der Waals surface area contributed by atoms with Crippen LogP contribution in [0.1, 0.15) is 34.1 Å². The quantitative estimate of drug-likeness (QED) is 0.653. The van der Waals surface area contributed by atoms with E-state index >= 15 is 0 Å². The van der Waals surface area contributed by atoms with Gasteiger partial charge >= 0.3 is 0 Å². The lowest BCUT2D eigenvalue weighted by Crippen LogP contribution is -2.24. The third kappa shape index (κ3) is 7.92. The van der Waals surface area contributed by atoms with Crippen LogP contribution in [0.4, 0.5) is 0 Å². The maximum Gasteiger partial charge on any atom is 0.0598 e. The van der Waals surface area contributed by atoms with Crippen molar-refractivity contribution < 1.29 is 4.74 Å². The zero-order valence-electron chi connectivity index (χ0n) is 7.48. The van der Waals surface area contributed by atoms with Gasteiger partial charge in [-0.15, -0.1) is 0 Å². The van der Waals surface area contributed by atoms with E-state index in [0.29, 0.717) is 0 Å². The van der Waals surface area contributed by atoms with Gasteiger partial charge in [-0.2, -0.15) is 0 Å². The minimum absolute atomic E-state index is 0.0190. The molecule has 2 heteroatoms. The fourth-order valence-corrected chi connectivity index (χ4v) is 0.551. The summed E-state index contributed by atoms with van der Waals surface area (Å²) < 4.78 is 5.46. The molecule has 0 aromatic rings. The second-order valence-electron chi connectivity index (χ2n) is 3.73. The molecule has 2 N–H and O–H groups in total. The Labute approximate surface area is 63.7 Å². The van der Waals surface area contributed by atoms with Crippen LogP contribution in [0.25, 0.3) is 0 Å². The molecule has 0 amide bonds. The van der Waals surface area contributed by atoms with Gasteiger partial charge in [0.15, 0.2) is 0 Å². The first-order valence-corrected chi connectivity index (χ1v) is 3.81. The third-order valence-electron chi connectivity index (χ3n) is 1.11. The zero-order chi connectivity index (χ0) is 8.20. The number of nitrogens with two attached hydrogens (primary N) is 1. The van der Waals surface area contributed by atoms with E-state index < -0.39 is 0 Å². The summed E-state index contributed by atoms with van der Waals surface area (Å²) in [7, 11) is 0. The van der Waals surface area contributed by atoms with Crippen molar-refractivity contribution in [3.8, 4) is 0 Å². The van der Waals surface area contributed by atoms with E-state index in [2.05, 4.69) is 0 Å². The lowest BCUT2D eigenvalue weighted by atomic mass is 10.2. The summed E-state index contributed by atoms with van der Waals surface area (Å²) in [5.74, 6) is 0. The van der Waals surface area contributed by atoms with Crippen LogP contribution in [0.2, 0.25) is 0 Å². The predicted molar refractivity (Wildman–Crippen MR) is 44.0 cm³/mol. The minimum atomic E-state index is -0.0190. The smallest absolute Gasteiger partial charge is 0.0598 e. The molecule has 1 atom stereocenters. The van der Waals surface area contributed by atoms with Gasteiger partial charge in [0, 0.05) is 12.6 Å². The van der Waals surface area contributed by atoms with E-state index in [1.54, 1.807) is 0 Å². The van der Waals surface area contributed by atoms with Gasteiger partial charge in [0.05, 0.1) is 5.60 Å². The Hall–Kier alpha value is -0.0800. The summed E-state index contributed by atoms with van der Waals surface area (Å²) in [4.78, 5) is 0. The Kier molecular flexibility index (Phi) is 3.91. The van der Waals surface area contributed by atoms with Crippen LogP contribution in [-0.4, -0.2) is 18.2 Å². The van der Waals surface area contributed by atoms with Crippen molar-refractivity contribution in [2.75, 3.05) is 6.61 Å². The van der Waals surface area contributed by atoms with Gasteiger partial charge in [-0.05, 0) is 34.1 Å². The highest BCUT2D eigenvalue weighted by atomic mass is 16.5. The lowest BCUT2D eigenvalue weighted by Gasteiger charge is -2.19. The predicted octanol–water partition coefficient (Wildman–Crippen LogP) is 1.54. The number of hydrogen-bond acceptors (Lipinski definition) is 2. The Morgan fingerprint density at radius 2 is 1.90 bits per heavy atom. The van der Waals surface area contributed by atoms with Crippen LogP contribution >= 0.6 is 0 Å². The maximum absolute atomic E-state index is 5.54. The fourth-order valence-electron chi connectivity index (χ4n) is 0.551. The van der Waals surface area contributed by atoms with Crippen molar-refractivity contribution in [1.82, 2.24) is 0 Å². The summed E-state index contributed by atoms with van der Waals surface area (Å²) in [6.07, 6.45) is 0.942. The molecule has 0 fully saturated rings. The molecular weight excluding hydrogens is 126 g/mol. The highest BCUT2D eigenvalue weighted by Crippen LogP contribution is 2.06. The van der Waals surface area contributed by atoms with Crippen LogP contribution in [0, 0.1) is 0 Å². The van der Waals surface area contributed by atoms with Crippen LogP contribution in [0.3, 0.4) is 0 Å². The molecule has 0 spiro atoms. The van der Waals surface area contributed by atoms with Crippen molar-refractivity contribution in [2.24, 2.45) is 5.73 Å². The molecule has 0 aliphatic rings. The highest BCUT2D eigenvalue weighted by Gasteiger charge is 2.09. The van der Waals surface area contributed by atoms with Crippen LogP contribution in [-0.2, 0) is 4.74 Å². The van der Waals surface area contributed by atoms with E-state index in [-0.39, 0.29) is 11.6 Å². The van der Waals surface area contributed by atoms with Gasteiger partial charge in [0.25, 0.3) is 0 Å². The molecule has 0 aliphatic carbocycles. The van der Waals surface area contributed by atoms with Crippen molar-refractivity contribution in [1.29, 1.82) is 0 Å². The van der Waals surface area contributed by atoms with E-state index in [0.717, 1.165) is 13.0 Å². The monoisotopic (exact) mass is 145 g/mol. The molecule has 2 nitrogen and oxygen atoms in total. The minimum Gasteiger partial charge on any atom is -0.376 e. The van der Waals surface area contributed by atoms with Gasteiger partial charge in [0.1, 0.15) is 0 Å². The number of ether oxygens (including phenoxy) is 1. The molecule has 62 valence electrons. The molecule has 0 saturated carbocycles. The summed E-state index contributed by atoms with van der Waals surface area (Å²) in [5.41, 5.74) is 5.52. The largest absolute Gasteiger partial charge is 0.376 e. The average Bonchev–Trinajstić information content (AvgIpc) is 1.59. The second kappa shape index (κ2) is 3.94. The standard InChI is InChI=1S/C8H19NO/c1-7(9)5-6-10-8(2,3)4/h7H,5-6,9H2,1-4H3. The van der Waals surface area contributed by atoms with Crippen molar-refractivity contribution in [2.45, 2.75) is 45.8 Å². The van der Waals surface area contributed by atoms with Crippen LogP contribution in [0.5, 0.6) is 0 Å². The summed E-state index contributed by atoms with van der Waals surface area (Å²) in [6, 6.07) is 0.252. The SMILES string of the molecule is CC(N)CCOC(C)(C)C. The Bertz CT molecular complexity index is 83.7. The Morgan fingerprint density at radius 1 is 1.40 bits per heavy atom. The van der Waals surface area contributed by atoms with E-state index in [1.165, 1.54) is 0 Å². The second-order valence-corrected chi connectivity index (χ2v) is 3.73. The Morgan fingerprint density at radius 3 is 2.20 bits per heavy atom. The first kappa shape index (κ1) is 9.92. The first-order valence-electron chi connectivity index (χ1n) is 3.81. The average molecular weight is 145 g/mol. The zero-order valence-corrected chi connectivity index (χ0v) is 7.48. The van der Waals surface area contributed by atoms with Gasteiger partial charge in [-0.1, -0.05) is 0 Å². The molecular formula is C8H19NO. The summed E-state index contributed by atoms with van der Waals surface area (Å²) in [6.45, 7) is 8.91. The van der Waals surface area contributed by atoms with E-state index in [1.807, 2.05) is 27.7 Å². The molecule has 0 aromatic carbocycles. The van der Waals surface area contributed by atoms with Crippen molar-refractivity contribution >= 4 is 0 Å². The summed E-state index contributed by atoms with van der Waals surface area (Å²) >= 11 is 0. The highest BCUT2D eigenvalue weighted by molar-refractivity contribution is 4.60. The third-order valence-corrected chi connectivity index (χ3v) is 1.11. The summed E-state index contributed by atoms with van der Waals surface area (Å²) in [5, 5.41) is 0. The fraction of sp³-hybridized carbons (Fsp3) is 1.00. The molecule has 0 heterocycles. The van der Waals surface area contributed by atoms with E-state index in [9.17, 15) is 0 Å². The molecule has 0 bridgehead atoms. The van der Waals surface area contributed by atoms with Crippen LogP contribution < -0.4 is 5.73 Å². The maximum atomic E-state index is 5.54. The Balaban J connectivity index is 3.21. The van der Waals surface area contributed by atoms with E-state index in [4.69, 9.17) is 10.5 Å². The number of rotatable bonds is 3.